The molecule has 0 fully saturated rings. The maximum absolute atomic E-state index is 5.79. The van der Waals surface area contributed by atoms with Gasteiger partial charge in [-0.25, -0.2) is 0 Å². The van der Waals surface area contributed by atoms with E-state index >= 15 is 0 Å². The minimum atomic E-state index is -0.0827. The van der Waals surface area contributed by atoms with Crippen molar-refractivity contribution in [3.8, 4) is 0 Å². The van der Waals surface area contributed by atoms with Crippen LogP contribution in [0.5, 0.6) is 0 Å². The Morgan fingerprint density at radius 1 is 1.27 bits per heavy atom. The molecule has 1 rings (SSSR count). The molecule has 1 nitrogen and oxygen atoms in total. The summed E-state index contributed by atoms with van der Waals surface area (Å²) < 4.78 is 5.79. The Morgan fingerprint density at radius 3 is 2.40 bits per heavy atom. The van der Waals surface area contributed by atoms with Gasteiger partial charge in [0.1, 0.15) is 0 Å². The Labute approximate surface area is 95.1 Å². The van der Waals surface area contributed by atoms with Crippen molar-refractivity contribution in [2.24, 2.45) is 0 Å². The molecule has 0 aliphatic carbocycles. The van der Waals surface area contributed by atoms with E-state index in [-0.39, 0.29) is 5.60 Å². The van der Waals surface area contributed by atoms with Crippen LogP contribution in [0, 0.1) is 0 Å². The van der Waals surface area contributed by atoms with Crippen LogP contribution in [-0.4, -0.2) is 15.4 Å². The van der Waals surface area contributed by atoms with Crippen molar-refractivity contribution < 1.29 is 4.43 Å². The number of hydrogen-bond donors (Lipinski definition) is 0. The third-order valence-electron chi connectivity index (χ3n) is 1.85. The molecule has 0 bridgehead atoms. The van der Waals surface area contributed by atoms with Gasteiger partial charge in [-0.2, -0.15) is 0 Å². The molecule has 0 aromatic heterocycles. The molecule has 0 N–H and O–H groups in total. The lowest BCUT2D eigenvalue weighted by atomic mass is 10.1. The number of allylic oxidation sites excluding steroid dienone is 1. The highest BCUT2D eigenvalue weighted by molar-refractivity contribution is 6.48. The first kappa shape index (κ1) is 12.2. The van der Waals surface area contributed by atoms with E-state index < -0.39 is 0 Å². The van der Waals surface area contributed by atoms with E-state index in [9.17, 15) is 0 Å². The molecule has 15 heavy (non-hydrogen) atoms. The molecule has 80 valence electrons. The van der Waals surface area contributed by atoms with Crippen LogP contribution in [-0.2, 0) is 4.43 Å². The molecule has 0 saturated carbocycles. The predicted octanol–water partition coefficient (Wildman–Crippen LogP) is 2.78. The predicted molar refractivity (Wildman–Crippen MR) is 67.4 cm³/mol. The first-order valence-electron chi connectivity index (χ1n) is 5.09. The number of benzene rings is 1. The second-order valence-electron chi connectivity index (χ2n) is 4.64. The average Bonchev–Trinajstić information content (AvgIpc) is 2.14. The van der Waals surface area contributed by atoms with Gasteiger partial charge in [-0.1, -0.05) is 36.4 Å². The zero-order valence-electron chi connectivity index (χ0n) is 9.92. The third kappa shape index (κ3) is 4.02. The lowest BCUT2D eigenvalue weighted by molar-refractivity contribution is 0.142. The van der Waals surface area contributed by atoms with Gasteiger partial charge in [0.15, 0.2) is 0 Å². The highest BCUT2D eigenvalue weighted by Crippen LogP contribution is 2.10. The molecule has 1 aromatic rings. The van der Waals surface area contributed by atoms with Crippen molar-refractivity contribution in [1.82, 2.24) is 0 Å². The summed E-state index contributed by atoms with van der Waals surface area (Å²) in [6.45, 7) is 12.2. The van der Waals surface area contributed by atoms with E-state index in [0.29, 0.717) is 9.76 Å². The first-order valence-corrected chi connectivity index (χ1v) is 6.00. The maximum Gasteiger partial charge on any atom is 0.270 e. The summed E-state index contributed by atoms with van der Waals surface area (Å²) in [6.07, 6.45) is 0. The van der Waals surface area contributed by atoms with Gasteiger partial charge in [-0.05, 0) is 38.4 Å². The minimum absolute atomic E-state index is 0.0827. The molecule has 0 aliphatic heterocycles. The summed E-state index contributed by atoms with van der Waals surface area (Å²) in [6, 6.07) is 8.28. The number of hydrogen-bond acceptors (Lipinski definition) is 1. The van der Waals surface area contributed by atoms with Gasteiger partial charge in [0.2, 0.25) is 0 Å². The average molecular weight is 218 g/mol. The smallest absolute Gasteiger partial charge is 0.270 e. The summed E-state index contributed by atoms with van der Waals surface area (Å²) in [7, 11) is 0.387. The molecular formula is C13H18OSi. The van der Waals surface area contributed by atoms with Crippen LogP contribution in [0.15, 0.2) is 30.8 Å². The second-order valence-corrected chi connectivity index (χ2v) is 5.59. The van der Waals surface area contributed by atoms with Crippen LogP contribution in [0.1, 0.15) is 33.3 Å². The molecule has 0 heterocycles. The second kappa shape index (κ2) is 4.77. The Kier molecular flexibility index (Phi) is 3.88. The SMILES string of the molecule is C=C(C)c1ccccc1[Si]OC(C)(C)C. The van der Waals surface area contributed by atoms with Crippen LogP contribution >= 0.6 is 0 Å². The Morgan fingerprint density at radius 2 is 1.87 bits per heavy atom. The van der Waals surface area contributed by atoms with Gasteiger partial charge >= 0.3 is 0 Å². The summed E-state index contributed by atoms with van der Waals surface area (Å²) >= 11 is 0. The van der Waals surface area contributed by atoms with Crippen molar-refractivity contribution in [2.45, 2.75) is 33.3 Å². The molecule has 0 atom stereocenters. The molecule has 1 aromatic carbocycles. The molecule has 2 heteroatoms. The molecule has 0 unspecified atom stereocenters. The summed E-state index contributed by atoms with van der Waals surface area (Å²) in [5, 5.41) is 1.24. The van der Waals surface area contributed by atoms with E-state index in [4.69, 9.17) is 4.43 Å². The van der Waals surface area contributed by atoms with Crippen molar-refractivity contribution in [3.63, 3.8) is 0 Å². The molecule has 0 aliphatic rings. The fourth-order valence-electron chi connectivity index (χ4n) is 1.15. The van der Waals surface area contributed by atoms with E-state index in [2.05, 4.69) is 39.5 Å². The lowest BCUT2D eigenvalue weighted by Gasteiger charge is -2.20. The monoisotopic (exact) mass is 218 g/mol. The van der Waals surface area contributed by atoms with Crippen LogP contribution in [0.3, 0.4) is 0 Å². The Balaban J connectivity index is 2.81. The molecule has 0 amide bonds. The largest absolute Gasteiger partial charge is 0.407 e. The summed E-state index contributed by atoms with van der Waals surface area (Å²) in [4.78, 5) is 0. The van der Waals surface area contributed by atoms with Gasteiger partial charge < -0.3 is 4.43 Å². The quantitative estimate of drug-likeness (QED) is 0.709. The highest BCUT2D eigenvalue weighted by atomic mass is 28.2. The van der Waals surface area contributed by atoms with Crippen LogP contribution < -0.4 is 5.19 Å². The lowest BCUT2D eigenvalue weighted by Crippen LogP contribution is -2.30. The minimum Gasteiger partial charge on any atom is -0.407 e. The zero-order chi connectivity index (χ0) is 11.5. The normalized spacial score (nSPS) is 11.5. The highest BCUT2D eigenvalue weighted by Gasteiger charge is 2.12. The van der Waals surface area contributed by atoms with E-state index in [1.807, 2.05) is 19.1 Å². The van der Waals surface area contributed by atoms with E-state index in [1.165, 1.54) is 10.8 Å². The van der Waals surface area contributed by atoms with Gasteiger partial charge in [0.25, 0.3) is 9.76 Å². The van der Waals surface area contributed by atoms with Crippen molar-refractivity contribution in [3.05, 3.63) is 36.4 Å². The van der Waals surface area contributed by atoms with E-state index in [1.54, 1.807) is 0 Å². The van der Waals surface area contributed by atoms with Crippen molar-refractivity contribution >= 4 is 20.5 Å². The molecular weight excluding hydrogens is 200 g/mol. The fraction of sp³-hybridized carbons (Fsp3) is 0.385. The van der Waals surface area contributed by atoms with Crippen LogP contribution in [0.2, 0.25) is 0 Å². The summed E-state index contributed by atoms with van der Waals surface area (Å²) in [5.74, 6) is 0. The Hall–Kier alpha value is -0.863. The third-order valence-corrected chi connectivity index (χ3v) is 3.22. The fourth-order valence-corrected chi connectivity index (χ4v) is 2.14. The maximum atomic E-state index is 5.79. The first-order chi connectivity index (χ1) is 6.90. The van der Waals surface area contributed by atoms with Gasteiger partial charge in [0, 0.05) is 5.60 Å². The van der Waals surface area contributed by atoms with Crippen LogP contribution in [0.4, 0.5) is 0 Å². The zero-order valence-corrected chi connectivity index (χ0v) is 10.9. The van der Waals surface area contributed by atoms with E-state index in [0.717, 1.165) is 5.57 Å². The Bertz CT molecular complexity index is 350. The molecule has 0 saturated heterocycles. The van der Waals surface area contributed by atoms with Gasteiger partial charge in [-0.15, -0.1) is 0 Å². The van der Waals surface area contributed by atoms with Crippen molar-refractivity contribution in [2.75, 3.05) is 0 Å². The number of rotatable bonds is 3. The summed E-state index contributed by atoms with van der Waals surface area (Å²) in [5.41, 5.74) is 2.22. The topological polar surface area (TPSA) is 9.23 Å². The van der Waals surface area contributed by atoms with Gasteiger partial charge in [-0.3, -0.25) is 0 Å². The van der Waals surface area contributed by atoms with Gasteiger partial charge in [0.05, 0.1) is 0 Å². The molecule has 2 radical (unpaired) electrons. The van der Waals surface area contributed by atoms with Crippen molar-refractivity contribution in [1.29, 1.82) is 0 Å². The van der Waals surface area contributed by atoms with Crippen LogP contribution in [0.25, 0.3) is 5.57 Å². The molecule has 0 spiro atoms. The standard InChI is InChI=1S/C13H18OSi/c1-10(2)11-8-6-7-9-12(11)15-14-13(3,4)5/h6-9H,1H2,2-5H3.